The minimum Gasteiger partial charge on any atom is -0.370 e. The van der Waals surface area contributed by atoms with Crippen LogP contribution in [0.15, 0.2) is 28.8 Å². The van der Waals surface area contributed by atoms with Crippen molar-refractivity contribution in [3.05, 3.63) is 34.5 Å². The number of hydrogen-bond acceptors (Lipinski definition) is 6. The molecule has 3 heterocycles. The second kappa shape index (κ2) is 6.69. The van der Waals surface area contributed by atoms with E-state index in [-0.39, 0.29) is 0 Å². The van der Waals surface area contributed by atoms with E-state index in [0.29, 0.717) is 12.5 Å². The largest absolute Gasteiger partial charge is 0.370 e. The summed E-state index contributed by atoms with van der Waals surface area (Å²) in [5.41, 5.74) is 7.12. The number of anilines is 1. The normalized spacial score (nSPS) is 16.1. The molecular weight excluding hydrogens is 298 g/mol. The van der Waals surface area contributed by atoms with Gasteiger partial charge in [-0.25, -0.2) is 19.9 Å². The molecule has 1 saturated heterocycles. The molecule has 0 radical (unpaired) electrons. The number of piperazine rings is 1. The Morgan fingerprint density at radius 3 is 2.64 bits per heavy atom. The van der Waals surface area contributed by atoms with Crippen molar-refractivity contribution in [3.63, 3.8) is 0 Å². The maximum absolute atomic E-state index is 6.09. The maximum Gasteiger partial charge on any atom is 0.225 e. The lowest BCUT2D eigenvalue weighted by atomic mass is 10.3. The van der Waals surface area contributed by atoms with E-state index in [1.54, 1.807) is 23.7 Å². The summed E-state index contributed by atoms with van der Waals surface area (Å²) in [6.45, 7) is 5.87. The lowest BCUT2D eigenvalue weighted by molar-refractivity contribution is 0.378. The van der Waals surface area contributed by atoms with Crippen LogP contribution in [0, 0.1) is 6.92 Å². The zero-order valence-corrected chi connectivity index (χ0v) is 13.3. The fourth-order valence-corrected chi connectivity index (χ4v) is 3.01. The van der Waals surface area contributed by atoms with Crippen LogP contribution < -0.4 is 10.6 Å². The van der Waals surface area contributed by atoms with E-state index in [4.69, 9.17) is 5.73 Å². The number of thiazole rings is 1. The number of rotatable bonds is 3. The topological polar surface area (TPSA) is 83.5 Å². The molecule has 2 N–H and O–H groups in total. The Hall–Kier alpha value is -2.22. The van der Waals surface area contributed by atoms with Gasteiger partial charge in [0, 0.05) is 49.6 Å². The van der Waals surface area contributed by atoms with Gasteiger partial charge in [0.1, 0.15) is 5.01 Å². The lowest BCUT2D eigenvalue weighted by Gasteiger charge is -2.35. The van der Waals surface area contributed by atoms with Crippen molar-refractivity contribution in [1.82, 2.24) is 19.9 Å². The van der Waals surface area contributed by atoms with Crippen LogP contribution in [0.1, 0.15) is 10.7 Å². The monoisotopic (exact) mass is 317 g/mol. The molecule has 0 amide bonds. The standard InChI is InChI=1S/C14H19N7S/c1-11-10-22-12(19-11)9-18-13(15)20-5-7-21(8-6-20)14-16-3-2-4-17-14/h2-4,10H,5-9H2,1H3,(H2,15,18). The highest BCUT2D eigenvalue weighted by atomic mass is 32.1. The number of aliphatic imine (C=N–C) groups is 1. The van der Waals surface area contributed by atoms with Gasteiger partial charge in [-0.1, -0.05) is 0 Å². The molecule has 0 aliphatic carbocycles. The third-order valence-electron chi connectivity index (χ3n) is 3.48. The predicted octanol–water partition coefficient (Wildman–Crippen LogP) is 0.878. The molecule has 1 aliphatic rings. The van der Waals surface area contributed by atoms with Gasteiger partial charge in [-0.15, -0.1) is 11.3 Å². The molecule has 0 saturated carbocycles. The second-order valence-electron chi connectivity index (χ2n) is 5.08. The highest BCUT2D eigenvalue weighted by Gasteiger charge is 2.19. The summed E-state index contributed by atoms with van der Waals surface area (Å²) in [5, 5.41) is 3.02. The molecule has 0 aromatic carbocycles. The highest BCUT2D eigenvalue weighted by Crippen LogP contribution is 2.11. The molecular formula is C14H19N7S. The van der Waals surface area contributed by atoms with Crippen LogP contribution in [-0.2, 0) is 6.54 Å². The highest BCUT2D eigenvalue weighted by molar-refractivity contribution is 7.09. The van der Waals surface area contributed by atoms with Crippen LogP contribution in [0.3, 0.4) is 0 Å². The average Bonchev–Trinajstić information content (AvgIpc) is 2.99. The Balaban J connectivity index is 1.54. The third kappa shape index (κ3) is 3.51. The summed E-state index contributed by atoms with van der Waals surface area (Å²) in [6.07, 6.45) is 3.53. The van der Waals surface area contributed by atoms with E-state index in [1.165, 1.54) is 0 Å². The van der Waals surface area contributed by atoms with E-state index in [2.05, 4.69) is 29.7 Å². The molecule has 7 nitrogen and oxygen atoms in total. The van der Waals surface area contributed by atoms with Crippen LogP contribution in [0.5, 0.6) is 0 Å². The van der Waals surface area contributed by atoms with Crippen molar-refractivity contribution in [2.45, 2.75) is 13.5 Å². The summed E-state index contributed by atoms with van der Waals surface area (Å²) in [6, 6.07) is 1.82. The zero-order chi connectivity index (χ0) is 15.4. The first-order valence-corrected chi connectivity index (χ1v) is 8.08. The van der Waals surface area contributed by atoms with Gasteiger partial charge < -0.3 is 15.5 Å². The Morgan fingerprint density at radius 1 is 1.27 bits per heavy atom. The van der Waals surface area contributed by atoms with E-state index in [9.17, 15) is 0 Å². The van der Waals surface area contributed by atoms with Crippen LogP contribution in [-0.4, -0.2) is 52.0 Å². The van der Waals surface area contributed by atoms with Crippen molar-refractivity contribution in [2.24, 2.45) is 10.7 Å². The molecule has 0 spiro atoms. The van der Waals surface area contributed by atoms with Gasteiger partial charge in [0.05, 0.1) is 6.54 Å². The van der Waals surface area contributed by atoms with Crippen molar-refractivity contribution in [2.75, 3.05) is 31.1 Å². The van der Waals surface area contributed by atoms with Gasteiger partial charge >= 0.3 is 0 Å². The van der Waals surface area contributed by atoms with Crippen molar-refractivity contribution in [3.8, 4) is 0 Å². The maximum atomic E-state index is 6.09. The molecule has 0 unspecified atom stereocenters. The molecule has 22 heavy (non-hydrogen) atoms. The van der Waals surface area contributed by atoms with Gasteiger partial charge in [0.25, 0.3) is 0 Å². The number of aryl methyl sites for hydroxylation is 1. The number of aromatic nitrogens is 3. The molecule has 2 aromatic rings. The smallest absolute Gasteiger partial charge is 0.225 e. The zero-order valence-electron chi connectivity index (χ0n) is 12.5. The Morgan fingerprint density at radius 2 is 2.00 bits per heavy atom. The molecule has 1 aliphatic heterocycles. The minimum absolute atomic E-state index is 0.548. The Kier molecular flexibility index (Phi) is 4.47. The molecule has 3 rings (SSSR count). The van der Waals surface area contributed by atoms with E-state index in [1.807, 2.05) is 18.4 Å². The van der Waals surface area contributed by atoms with Crippen LogP contribution >= 0.6 is 11.3 Å². The molecule has 116 valence electrons. The van der Waals surface area contributed by atoms with Crippen molar-refractivity contribution < 1.29 is 0 Å². The fourth-order valence-electron chi connectivity index (χ4n) is 2.31. The minimum atomic E-state index is 0.548. The van der Waals surface area contributed by atoms with Gasteiger partial charge in [-0.3, -0.25) is 0 Å². The van der Waals surface area contributed by atoms with Gasteiger partial charge in [-0.05, 0) is 13.0 Å². The van der Waals surface area contributed by atoms with Crippen LogP contribution in [0.4, 0.5) is 5.95 Å². The number of nitrogens with zero attached hydrogens (tertiary/aromatic N) is 6. The lowest BCUT2D eigenvalue weighted by Crippen LogP contribution is -2.51. The molecule has 8 heteroatoms. The van der Waals surface area contributed by atoms with Gasteiger partial charge in [-0.2, -0.15) is 0 Å². The number of hydrogen-bond donors (Lipinski definition) is 1. The SMILES string of the molecule is Cc1csc(CN=C(N)N2CCN(c3ncccn3)CC2)n1. The number of guanidine groups is 1. The summed E-state index contributed by atoms with van der Waals surface area (Å²) >= 11 is 1.62. The van der Waals surface area contributed by atoms with Crippen LogP contribution in [0.25, 0.3) is 0 Å². The van der Waals surface area contributed by atoms with Crippen molar-refractivity contribution in [1.29, 1.82) is 0 Å². The first-order valence-electron chi connectivity index (χ1n) is 7.20. The van der Waals surface area contributed by atoms with Crippen molar-refractivity contribution >= 4 is 23.2 Å². The predicted molar refractivity (Wildman–Crippen MR) is 88.0 cm³/mol. The Labute approximate surface area is 133 Å². The van der Waals surface area contributed by atoms with E-state index in [0.717, 1.165) is 42.8 Å². The van der Waals surface area contributed by atoms with E-state index >= 15 is 0 Å². The Bertz CT molecular complexity index is 632. The summed E-state index contributed by atoms with van der Waals surface area (Å²) < 4.78 is 0. The average molecular weight is 317 g/mol. The number of nitrogens with two attached hydrogens (primary N) is 1. The quantitative estimate of drug-likeness (QED) is 0.668. The summed E-state index contributed by atoms with van der Waals surface area (Å²) in [5.74, 6) is 1.36. The molecule has 0 atom stereocenters. The van der Waals surface area contributed by atoms with Gasteiger partial charge in [0.15, 0.2) is 5.96 Å². The molecule has 0 bridgehead atoms. The fraction of sp³-hybridized carbons (Fsp3) is 0.429. The summed E-state index contributed by atoms with van der Waals surface area (Å²) in [7, 11) is 0. The molecule has 1 fully saturated rings. The third-order valence-corrected chi connectivity index (χ3v) is 4.43. The van der Waals surface area contributed by atoms with E-state index < -0.39 is 0 Å². The first kappa shape index (κ1) is 14.7. The van der Waals surface area contributed by atoms with Crippen LogP contribution in [0.2, 0.25) is 0 Å². The summed E-state index contributed by atoms with van der Waals surface area (Å²) in [4.78, 5) is 21.7. The van der Waals surface area contributed by atoms with Gasteiger partial charge in [0.2, 0.25) is 5.95 Å². The first-order chi connectivity index (χ1) is 10.7. The molecule has 2 aromatic heterocycles. The second-order valence-corrected chi connectivity index (χ2v) is 6.02.